The highest BCUT2D eigenvalue weighted by Crippen LogP contribution is 2.28. The fraction of sp³-hybridized carbons (Fsp3) is 0.217. The number of pyridine rings is 2. The Hall–Kier alpha value is -3.54. The number of hydrogen-bond donors (Lipinski definition) is 0. The van der Waals surface area contributed by atoms with E-state index in [-0.39, 0.29) is 18.0 Å². The van der Waals surface area contributed by atoms with E-state index >= 15 is 0 Å². The molecule has 0 aliphatic carbocycles. The normalized spacial score (nSPS) is 12.3. The third-order valence-electron chi connectivity index (χ3n) is 4.96. The SMILES string of the molecule is CC(C)n1ncc2cc(C(=O)N(C)[C@H](c3ccccc3)c3ccccn3)cnc21. The molecule has 1 aromatic carbocycles. The summed E-state index contributed by atoms with van der Waals surface area (Å²) in [7, 11) is 1.80. The fourth-order valence-corrected chi connectivity index (χ4v) is 3.52. The van der Waals surface area contributed by atoms with Gasteiger partial charge >= 0.3 is 0 Å². The lowest BCUT2D eigenvalue weighted by Gasteiger charge is -2.28. The van der Waals surface area contributed by atoms with Crippen LogP contribution in [0.3, 0.4) is 0 Å². The van der Waals surface area contributed by atoms with Crippen molar-refractivity contribution in [2.75, 3.05) is 7.05 Å². The summed E-state index contributed by atoms with van der Waals surface area (Å²) in [6.45, 7) is 4.11. The summed E-state index contributed by atoms with van der Waals surface area (Å²) < 4.78 is 1.86. The van der Waals surface area contributed by atoms with E-state index in [1.165, 1.54) is 0 Å². The van der Waals surface area contributed by atoms with Crippen LogP contribution in [0.15, 0.2) is 73.2 Å². The van der Waals surface area contributed by atoms with Crippen LogP contribution in [-0.4, -0.2) is 37.6 Å². The molecule has 0 unspecified atom stereocenters. The van der Waals surface area contributed by atoms with Gasteiger partial charge in [-0.3, -0.25) is 9.78 Å². The molecule has 0 saturated carbocycles. The zero-order chi connectivity index (χ0) is 20.4. The van der Waals surface area contributed by atoms with Crippen LogP contribution < -0.4 is 0 Å². The molecule has 0 N–H and O–H groups in total. The number of hydrogen-bond acceptors (Lipinski definition) is 4. The molecule has 29 heavy (non-hydrogen) atoms. The van der Waals surface area contributed by atoms with E-state index in [0.717, 1.165) is 22.3 Å². The molecule has 6 nitrogen and oxygen atoms in total. The van der Waals surface area contributed by atoms with Gasteiger partial charge in [-0.05, 0) is 37.6 Å². The lowest BCUT2D eigenvalue weighted by molar-refractivity contribution is 0.0752. The predicted octanol–water partition coefficient (Wildman–Crippen LogP) is 4.27. The second-order valence-electron chi connectivity index (χ2n) is 7.30. The number of rotatable bonds is 5. The molecule has 146 valence electrons. The summed E-state index contributed by atoms with van der Waals surface area (Å²) in [5.74, 6) is -0.115. The Morgan fingerprint density at radius 2 is 1.76 bits per heavy atom. The standard InChI is InChI=1S/C23H23N5O/c1-16(2)28-22-18(15-26-28)13-19(14-25-22)23(29)27(3)21(17-9-5-4-6-10-17)20-11-7-8-12-24-20/h4-16,21H,1-3H3/t21-/m1/s1. The average molecular weight is 385 g/mol. The van der Waals surface area contributed by atoms with Crippen LogP contribution >= 0.6 is 0 Å². The van der Waals surface area contributed by atoms with E-state index in [1.807, 2.05) is 59.3 Å². The molecule has 0 bridgehead atoms. The summed E-state index contributed by atoms with van der Waals surface area (Å²) in [5.41, 5.74) is 3.13. The lowest BCUT2D eigenvalue weighted by atomic mass is 10.0. The number of fused-ring (bicyclic) bond motifs is 1. The fourth-order valence-electron chi connectivity index (χ4n) is 3.52. The van der Waals surface area contributed by atoms with Crippen molar-refractivity contribution in [3.8, 4) is 0 Å². The Morgan fingerprint density at radius 3 is 2.45 bits per heavy atom. The van der Waals surface area contributed by atoms with Gasteiger partial charge in [0, 0.05) is 30.9 Å². The van der Waals surface area contributed by atoms with Crippen molar-refractivity contribution in [1.82, 2.24) is 24.6 Å². The minimum absolute atomic E-state index is 0.115. The second-order valence-corrected chi connectivity index (χ2v) is 7.30. The summed E-state index contributed by atoms with van der Waals surface area (Å²) in [4.78, 5) is 24.1. The van der Waals surface area contributed by atoms with Gasteiger partial charge in [0.15, 0.2) is 5.65 Å². The van der Waals surface area contributed by atoms with Gasteiger partial charge in [0.2, 0.25) is 0 Å². The van der Waals surface area contributed by atoms with Crippen LogP contribution in [0.4, 0.5) is 0 Å². The quantitative estimate of drug-likeness (QED) is 0.515. The summed E-state index contributed by atoms with van der Waals surface area (Å²) in [5, 5.41) is 5.24. The highest BCUT2D eigenvalue weighted by atomic mass is 16.2. The van der Waals surface area contributed by atoms with Crippen LogP contribution in [0.5, 0.6) is 0 Å². The highest BCUT2D eigenvalue weighted by Gasteiger charge is 2.26. The van der Waals surface area contributed by atoms with Crippen molar-refractivity contribution in [2.24, 2.45) is 0 Å². The Labute approximate surface area is 169 Å². The molecule has 0 spiro atoms. The van der Waals surface area contributed by atoms with Gasteiger partial charge in [0.25, 0.3) is 5.91 Å². The van der Waals surface area contributed by atoms with E-state index in [1.54, 1.807) is 30.5 Å². The van der Waals surface area contributed by atoms with Crippen LogP contribution in [0.1, 0.15) is 47.5 Å². The zero-order valence-electron chi connectivity index (χ0n) is 16.7. The highest BCUT2D eigenvalue weighted by molar-refractivity contribution is 5.97. The largest absolute Gasteiger partial charge is 0.329 e. The lowest BCUT2D eigenvalue weighted by Crippen LogP contribution is -2.32. The minimum Gasteiger partial charge on any atom is -0.329 e. The van der Waals surface area contributed by atoms with Gasteiger partial charge < -0.3 is 4.90 Å². The summed E-state index contributed by atoms with van der Waals surface area (Å²) in [6, 6.07) is 17.4. The third-order valence-corrected chi connectivity index (χ3v) is 4.96. The second kappa shape index (κ2) is 7.83. The number of carbonyl (C=O) groups is 1. The van der Waals surface area contributed by atoms with Gasteiger partial charge in [-0.2, -0.15) is 5.10 Å². The van der Waals surface area contributed by atoms with Gasteiger partial charge in [-0.15, -0.1) is 0 Å². The van der Waals surface area contributed by atoms with Crippen LogP contribution in [0.2, 0.25) is 0 Å². The first kappa shape index (κ1) is 18.8. The zero-order valence-corrected chi connectivity index (χ0v) is 16.7. The molecule has 0 aliphatic rings. The first-order valence-corrected chi connectivity index (χ1v) is 9.62. The molecule has 3 aromatic heterocycles. The first-order valence-electron chi connectivity index (χ1n) is 9.62. The van der Waals surface area contributed by atoms with E-state index < -0.39 is 0 Å². The molecular formula is C23H23N5O. The molecule has 0 radical (unpaired) electrons. The number of nitrogens with zero attached hydrogens (tertiary/aromatic N) is 5. The average Bonchev–Trinajstić information content (AvgIpc) is 3.18. The molecule has 0 saturated heterocycles. The molecule has 3 heterocycles. The van der Waals surface area contributed by atoms with Crippen molar-refractivity contribution < 1.29 is 4.79 Å². The van der Waals surface area contributed by atoms with E-state index in [0.29, 0.717) is 5.56 Å². The summed E-state index contributed by atoms with van der Waals surface area (Å²) in [6.07, 6.45) is 5.13. The number of amides is 1. The molecule has 6 heteroatoms. The van der Waals surface area contributed by atoms with Crippen LogP contribution in [-0.2, 0) is 0 Å². The molecule has 4 aromatic rings. The van der Waals surface area contributed by atoms with Crippen LogP contribution in [0.25, 0.3) is 11.0 Å². The number of benzene rings is 1. The maximum Gasteiger partial charge on any atom is 0.256 e. The Bertz CT molecular complexity index is 1080. The van der Waals surface area contributed by atoms with E-state index in [2.05, 4.69) is 28.9 Å². The van der Waals surface area contributed by atoms with Gasteiger partial charge in [-0.1, -0.05) is 36.4 Å². The number of carbonyl (C=O) groups excluding carboxylic acids is 1. The first-order chi connectivity index (χ1) is 14.1. The predicted molar refractivity (Wildman–Crippen MR) is 113 cm³/mol. The Balaban J connectivity index is 1.72. The molecule has 1 amide bonds. The molecular weight excluding hydrogens is 362 g/mol. The van der Waals surface area contributed by atoms with Crippen molar-refractivity contribution in [3.05, 3.63) is 90.0 Å². The van der Waals surface area contributed by atoms with Crippen molar-refractivity contribution in [3.63, 3.8) is 0 Å². The Kier molecular flexibility index (Phi) is 5.08. The monoisotopic (exact) mass is 385 g/mol. The maximum atomic E-state index is 13.3. The smallest absolute Gasteiger partial charge is 0.256 e. The van der Waals surface area contributed by atoms with Gasteiger partial charge in [0.05, 0.1) is 23.5 Å². The number of aromatic nitrogens is 4. The van der Waals surface area contributed by atoms with E-state index in [9.17, 15) is 4.79 Å². The molecule has 0 aliphatic heterocycles. The topological polar surface area (TPSA) is 63.9 Å². The third kappa shape index (κ3) is 3.61. The van der Waals surface area contributed by atoms with Gasteiger partial charge in [0.1, 0.15) is 0 Å². The van der Waals surface area contributed by atoms with Crippen molar-refractivity contribution in [1.29, 1.82) is 0 Å². The molecule has 4 rings (SSSR count). The van der Waals surface area contributed by atoms with Gasteiger partial charge in [-0.25, -0.2) is 9.67 Å². The molecule has 0 fully saturated rings. The minimum atomic E-state index is -0.293. The van der Waals surface area contributed by atoms with Crippen molar-refractivity contribution >= 4 is 16.9 Å². The van der Waals surface area contributed by atoms with Crippen LogP contribution in [0, 0.1) is 0 Å². The van der Waals surface area contributed by atoms with E-state index in [4.69, 9.17) is 0 Å². The Morgan fingerprint density at radius 1 is 1.00 bits per heavy atom. The molecule has 1 atom stereocenters. The summed E-state index contributed by atoms with van der Waals surface area (Å²) >= 11 is 0. The van der Waals surface area contributed by atoms with Crippen molar-refractivity contribution in [2.45, 2.75) is 25.9 Å². The maximum absolute atomic E-state index is 13.3.